The molecule has 7 heteroatoms. The summed E-state index contributed by atoms with van der Waals surface area (Å²) in [5.41, 5.74) is 5.68. The van der Waals surface area contributed by atoms with Crippen molar-refractivity contribution in [2.45, 2.75) is 65.2 Å². The van der Waals surface area contributed by atoms with Crippen LogP contribution in [0.25, 0.3) is 0 Å². The smallest absolute Gasteiger partial charge is 0.257 e. The van der Waals surface area contributed by atoms with Crippen LogP contribution in [0, 0.1) is 20.8 Å². The Morgan fingerprint density at radius 2 is 1.88 bits per heavy atom. The Morgan fingerprint density at radius 3 is 2.64 bits per heavy atom. The second-order valence-corrected chi connectivity index (χ2v) is 9.30. The number of aromatic nitrogens is 3. The third-order valence-corrected chi connectivity index (χ3v) is 6.71. The second-order valence-electron chi connectivity index (χ2n) is 9.30. The Balaban J connectivity index is 1.29. The third-order valence-electron chi connectivity index (χ3n) is 6.71. The van der Waals surface area contributed by atoms with Crippen molar-refractivity contribution in [3.63, 3.8) is 0 Å². The molecule has 5 rings (SSSR count). The second kappa shape index (κ2) is 8.96. The molecule has 33 heavy (non-hydrogen) atoms. The molecule has 1 atom stereocenters. The number of rotatable bonds is 4. The first kappa shape index (κ1) is 21.6. The van der Waals surface area contributed by atoms with Crippen LogP contribution in [0.1, 0.15) is 76.1 Å². The quantitative estimate of drug-likeness (QED) is 0.606. The highest BCUT2D eigenvalue weighted by Crippen LogP contribution is 2.33. The number of hydrogen-bond donors (Lipinski definition) is 1. The lowest BCUT2D eigenvalue weighted by molar-refractivity contribution is 0.0703. The third kappa shape index (κ3) is 4.49. The van der Waals surface area contributed by atoms with Gasteiger partial charge in [0.25, 0.3) is 5.91 Å². The number of carbonyl (C=O) groups excluding carboxylic acids is 1. The molecule has 0 radical (unpaired) electrons. The summed E-state index contributed by atoms with van der Waals surface area (Å²) in [5, 5.41) is 3.24. The number of piperidine rings is 1. The van der Waals surface area contributed by atoms with Gasteiger partial charge in [-0.1, -0.05) is 0 Å². The van der Waals surface area contributed by atoms with Crippen LogP contribution in [-0.2, 0) is 12.8 Å². The summed E-state index contributed by atoms with van der Waals surface area (Å²) in [4.78, 5) is 29.0. The molecule has 0 aromatic carbocycles. The summed E-state index contributed by atoms with van der Waals surface area (Å²) in [6.45, 7) is 7.33. The van der Waals surface area contributed by atoms with Gasteiger partial charge in [-0.25, -0.2) is 9.97 Å². The molecule has 7 nitrogen and oxygen atoms in total. The minimum absolute atomic E-state index is 0.120. The van der Waals surface area contributed by atoms with Crippen LogP contribution >= 0.6 is 0 Å². The van der Waals surface area contributed by atoms with Crippen LogP contribution in [-0.4, -0.2) is 38.8 Å². The number of furan rings is 1. The number of hydrogen-bond acceptors (Lipinski definition) is 6. The lowest BCUT2D eigenvalue weighted by Gasteiger charge is -2.33. The van der Waals surface area contributed by atoms with Gasteiger partial charge in [-0.2, -0.15) is 0 Å². The molecule has 172 valence electrons. The average Bonchev–Trinajstić information content (AvgIpc) is 3.14. The van der Waals surface area contributed by atoms with E-state index in [0.717, 1.165) is 90.5 Å². The fraction of sp³-hybridized carbons (Fsp3) is 0.462. The van der Waals surface area contributed by atoms with Gasteiger partial charge in [-0.05, 0) is 71.1 Å². The van der Waals surface area contributed by atoms with Crippen LogP contribution < -0.4 is 5.32 Å². The molecule has 1 aliphatic heterocycles. The SMILES string of the molecule is Cc1cc(C)nc(Nc2ccc([C@H]3CCCN(C(=O)c4c(C)oc5c4CCCC5)C3)nc2)n1. The molecule has 3 aromatic rings. The zero-order valence-electron chi connectivity index (χ0n) is 19.6. The molecule has 1 amide bonds. The van der Waals surface area contributed by atoms with E-state index in [1.54, 1.807) is 0 Å². The van der Waals surface area contributed by atoms with Crippen molar-refractivity contribution in [3.8, 4) is 0 Å². The lowest BCUT2D eigenvalue weighted by Crippen LogP contribution is -2.39. The van der Waals surface area contributed by atoms with Crippen LogP contribution in [0.15, 0.2) is 28.8 Å². The lowest BCUT2D eigenvalue weighted by atomic mass is 9.91. The normalized spacial score (nSPS) is 18.2. The summed E-state index contributed by atoms with van der Waals surface area (Å²) in [6, 6.07) is 6.01. The van der Waals surface area contributed by atoms with E-state index in [1.807, 2.05) is 44.0 Å². The van der Waals surface area contributed by atoms with Crippen molar-refractivity contribution in [2.24, 2.45) is 0 Å². The van der Waals surface area contributed by atoms with Gasteiger partial charge < -0.3 is 14.6 Å². The molecule has 2 aliphatic rings. The maximum Gasteiger partial charge on any atom is 0.257 e. The van der Waals surface area contributed by atoms with Crippen LogP contribution in [0.5, 0.6) is 0 Å². The zero-order chi connectivity index (χ0) is 22.9. The number of amides is 1. The van der Waals surface area contributed by atoms with E-state index in [9.17, 15) is 4.79 Å². The van der Waals surface area contributed by atoms with Crippen LogP contribution in [0.2, 0.25) is 0 Å². The Labute approximate surface area is 194 Å². The highest BCUT2D eigenvalue weighted by molar-refractivity contribution is 5.97. The zero-order valence-corrected chi connectivity index (χ0v) is 19.6. The predicted molar refractivity (Wildman–Crippen MR) is 127 cm³/mol. The standard InChI is InChI=1S/C26H31N5O2/c1-16-13-17(2)29-26(28-16)30-20-10-11-22(27-14-20)19-7-6-12-31(15-19)25(32)24-18(3)33-23-9-5-4-8-21(23)24/h10-11,13-14,19H,4-9,12,15H2,1-3H3,(H,28,29,30)/t19-/m0/s1. The Kier molecular flexibility index (Phi) is 5.87. The van der Waals surface area contributed by atoms with E-state index in [1.165, 1.54) is 0 Å². The monoisotopic (exact) mass is 445 g/mol. The molecule has 0 saturated carbocycles. The molecule has 4 heterocycles. The van der Waals surface area contributed by atoms with Gasteiger partial charge in [-0.15, -0.1) is 0 Å². The maximum atomic E-state index is 13.5. The van der Waals surface area contributed by atoms with E-state index < -0.39 is 0 Å². The van der Waals surface area contributed by atoms with Gasteiger partial charge >= 0.3 is 0 Å². The first-order valence-corrected chi connectivity index (χ1v) is 11.9. The molecular formula is C26H31N5O2. The van der Waals surface area contributed by atoms with Crippen molar-refractivity contribution in [2.75, 3.05) is 18.4 Å². The summed E-state index contributed by atoms with van der Waals surface area (Å²) < 4.78 is 5.96. The molecule has 1 N–H and O–H groups in total. The summed E-state index contributed by atoms with van der Waals surface area (Å²) in [7, 11) is 0. The predicted octanol–water partition coefficient (Wildman–Crippen LogP) is 5.03. The molecular weight excluding hydrogens is 414 g/mol. The van der Waals surface area contributed by atoms with Gasteiger partial charge in [0.1, 0.15) is 11.5 Å². The van der Waals surface area contributed by atoms with Crippen molar-refractivity contribution in [1.29, 1.82) is 0 Å². The fourth-order valence-corrected chi connectivity index (χ4v) is 5.18. The van der Waals surface area contributed by atoms with E-state index >= 15 is 0 Å². The van der Waals surface area contributed by atoms with Crippen molar-refractivity contribution < 1.29 is 9.21 Å². The van der Waals surface area contributed by atoms with E-state index in [2.05, 4.69) is 21.4 Å². The van der Waals surface area contributed by atoms with Crippen LogP contribution in [0.4, 0.5) is 11.6 Å². The topological polar surface area (TPSA) is 84.2 Å². The first-order valence-electron chi connectivity index (χ1n) is 11.9. The number of aryl methyl sites for hydroxylation is 4. The Bertz CT molecular complexity index is 1150. The minimum atomic E-state index is 0.120. The van der Waals surface area contributed by atoms with Crippen molar-refractivity contribution >= 4 is 17.5 Å². The largest absolute Gasteiger partial charge is 0.465 e. The first-order chi connectivity index (χ1) is 16.0. The van der Waals surface area contributed by atoms with E-state index in [-0.39, 0.29) is 11.8 Å². The maximum absolute atomic E-state index is 13.5. The van der Waals surface area contributed by atoms with Crippen molar-refractivity contribution in [1.82, 2.24) is 19.9 Å². The molecule has 0 unspecified atom stereocenters. The molecule has 1 saturated heterocycles. The molecule has 0 bridgehead atoms. The Morgan fingerprint density at radius 1 is 1.09 bits per heavy atom. The Hall–Kier alpha value is -3.22. The molecule has 3 aromatic heterocycles. The molecule has 1 aliphatic carbocycles. The number of nitrogens with zero attached hydrogens (tertiary/aromatic N) is 4. The molecule has 1 fully saturated rings. The number of pyridine rings is 1. The number of likely N-dealkylation sites (tertiary alicyclic amines) is 1. The highest BCUT2D eigenvalue weighted by atomic mass is 16.3. The number of anilines is 2. The number of carbonyl (C=O) groups is 1. The summed E-state index contributed by atoms with van der Waals surface area (Å²) >= 11 is 0. The van der Waals surface area contributed by atoms with Crippen molar-refractivity contribution in [3.05, 3.63) is 64.1 Å². The number of nitrogens with one attached hydrogen (secondary N) is 1. The number of fused-ring (bicyclic) bond motifs is 1. The van der Waals surface area contributed by atoms with Crippen LogP contribution in [0.3, 0.4) is 0 Å². The van der Waals surface area contributed by atoms with Gasteiger partial charge in [0.05, 0.1) is 17.4 Å². The summed E-state index contributed by atoms with van der Waals surface area (Å²) in [5.74, 6) is 2.73. The minimum Gasteiger partial charge on any atom is -0.465 e. The van der Waals surface area contributed by atoms with Gasteiger partial charge in [0.2, 0.25) is 5.95 Å². The van der Waals surface area contributed by atoms with Gasteiger partial charge in [0, 0.05) is 48.1 Å². The molecule has 0 spiro atoms. The summed E-state index contributed by atoms with van der Waals surface area (Å²) in [6.07, 6.45) is 8.01. The fourth-order valence-electron chi connectivity index (χ4n) is 5.18. The van der Waals surface area contributed by atoms with Gasteiger partial charge in [-0.3, -0.25) is 9.78 Å². The average molecular weight is 446 g/mol. The van der Waals surface area contributed by atoms with E-state index in [0.29, 0.717) is 12.5 Å². The van der Waals surface area contributed by atoms with E-state index in [4.69, 9.17) is 9.40 Å². The van der Waals surface area contributed by atoms with Gasteiger partial charge in [0.15, 0.2) is 0 Å². The highest BCUT2D eigenvalue weighted by Gasteiger charge is 2.31.